The Morgan fingerprint density at radius 2 is 2.29 bits per heavy atom. The van der Waals surface area contributed by atoms with Gasteiger partial charge in [0.05, 0.1) is 17.8 Å². The van der Waals surface area contributed by atoms with Crippen molar-refractivity contribution in [3.8, 4) is 0 Å². The van der Waals surface area contributed by atoms with Crippen LogP contribution >= 0.6 is 11.6 Å². The molecular formula is C11H12ClFN4. The van der Waals surface area contributed by atoms with E-state index < -0.39 is 5.82 Å². The van der Waals surface area contributed by atoms with Gasteiger partial charge in [-0.25, -0.2) is 4.39 Å². The molecule has 1 aromatic heterocycles. The lowest BCUT2D eigenvalue weighted by Crippen LogP contribution is -2.19. The van der Waals surface area contributed by atoms with Crippen LogP contribution in [0.2, 0.25) is 5.02 Å². The van der Waals surface area contributed by atoms with Crippen LogP contribution in [0, 0.1) is 5.82 Å². The number of hydrogen-bond donors (Lipinski definition) is 1. The fraction of sp³-hybridized carbons (Fsp3) is 0.273. The maximum Gasteiger partial charge on any atom is 0.141 e. The predicted octanol–water partition coefficient (Wildman–Crippen LogP) is 1.86. The summed E-state index contributed by atoms with van der Waals surface area (Å²) >= 11 is 5.68. The lowest BCUT2D eigenvalue weighted by atomic mass is 10.2. The molecule has 6 heteroatoms. The summed E-state index contributed by atoms with van der Waals surface area (Å²) in [7, 11) is 0. The minimum Gasteiger partial charge on any atom is -0.311 e. The number of rotatable bonds is 5. The van der Waals surface area contributed by atoms with Crippen molar-refractivity contribution in [1.29, 1.82) is 0 Å². The molecule has 0 unspecified atom stereocenters. The quantitative estimate of drug-likeness (QED) is 0.829. The van der Waals surface area contributed by atoms with Gasteiger partial charge in [-0.1, -0.05) is 22.9 Å². The van der Waals surface area contributed by atoms with Crippen molar-refractivity contribution in [1.82, 2.24) is 20.3 Å². The van der Waals surface area contributed by atoms with E-state index in [-0.39, 0.29) is 5.02 Å². The molecule has 1 N–H and O–H groups in total. The van der Waals surface area contributed by atoms with Crippen molar-refractivity contribution in [2.45, 2.75) is 13.1 Å². The van der Waals surface area contributed by atoms with E-state index >= 15 is 0 Å². The Morgan fingerprint density at radius 3 is 3.00 bits per heavy atom. The third-order valence-electron chi connectivity index (χ3n) is 2.30. The van der Waals surface area contributed by atoms with Crippen LogP contribution in [-0.2, 0) is 13.1 Å². The monoisotopic (exact) mass is 254 g/mol. The van der Waals surface area contributed by atoms with Crippen LogP contribution in [-0.4, -0.2) is 21.5 Å². The molecule has 0 fully saturated rings. The Hall–Kier alpha value is -1.46. The summed E-state index contributed by atoms with van der Waals surface area (Å²) in [6.45, 7) is 2.15. The molecule has 17 heavy (non-hydrogen) atoms. The number of halogens is 2. The molecule has 2 aromatic rings. The van der Waals surface area contributed by atoms with E-state index in [0.717, 1.165) is 18.7 Å². The molecule has 0 aliphatic heterocycles. The van der Waals surface area contributed by atoms with Crippen LogP contribution in [0.25, 0.3) is 0 Å². The lowest BCUT2D eigenvalue weighted by Gasteiger charge is -2.05. The molecule has 90 valence electrons. The largest absolute Gasteiger partial charge is 0.311 e. The average Bonchev–Trinajstić information content (AvgIpc) is 2.82. The van der Waals surface area contributed by atoms with Gasteiger partial charge in [0.2, 0.25) is 0 Å². The van der Waals surface area contributed by atoms with Gasteiger partial charge in [-0.15, -0.1) is 5.10 Å². The second-order valence-electron chi connectivity index (χ2n) is 3.59. The Bertz CT molecular complexity index is 472. The van der Waals surface area contributed by atoms with E-state index in [9.17, 15) is 4.39 Å². The molecule has 0 amide bonds. The molecule has 1 heterocycles. The summed E-state index contributed by atoms with van der Waals surface area (Å²) in [5.74, 6) is -0.391. The molecule has 2 rings (SSSR count). The van der Waals surface area contributed by atoms with E-state index in [1.807, 2.05) is 0 Å². The van der Waals surface area contributed by atoms with Gasteiger partial charge in [0, 0.05) is 19.3 Å². The topological polar surface area (TPSA) is 42.7 Å². The first-order valence-corrected chi connectivity index (χ1v) is 5.62. The molecule has 0 radical (unpaired) electrons. The van der Waals surface area contributed by atoms with Gasteiger partial charge in [0.1, 0.15) is 5.82 Å². The third kappa shape index (κ3) is 3.51. The number of nitrogens with one attached hydrogen (secondary N) is 1. The number of nitrogens with zero attached hydrogens (tertiary/aromatic N) is 3. The predicted molar refractivity (Wildman–Crippen MR) is 63.1 cm³/mol. The molecule has 0 spiro atoms. The highest BCUT2D eigenvalue weighted by Gasteiger charge is 2.00. The van der Waals surface area contributed by atoms with Gasteiger partial charge >= 0.3 is 0 Å². The van der Waals surface area contributed by atoms with E-state index in [0.29, 0.717) is 6.54 Å². The maximum absolute atomic E-state index is 12.9. The fourth-order valence-electron chi connectivity index (χ4n) is 1.43. The SMILES string of the molecule is Fc1ccc(CNCCn2ccnn2)cc1Cl. The maximum atomic E-state index is 12.9. The summed E-state index contributed by atoms with van der Waals surface area (Å²) in [5.41, 5.74) is 0.954. The van der Waals surface area contributed by atoms with E-state index in [4.69, 9.17) is 11.6 Å². The minimum atomic E-state index is -0.391. The van der Waals surface area contributed by atoms with Crippen molar-refractivity contribution in [2.24, 2.45) is 0 Å². The van der Waals surface area contributed by atoms with Crippen molar-refractivity contribution in [3.63, 3.8) is 0 Å². The van der Waals surface area contributed by atoms with Crippen LogP contribution in [0.15, 0.2) is 30.6 Å². The highest BCUT2D eigenvalue weighted by atomic mass is 35.5. The first-order chi connectivity index (χ1) is 8.25. The molecule has 0 saturated carbocycles. The molecule has 0 aliphatic carbocycles. The van der Waals surface area contributed by atoms with E-state index in [1.54, 1.807) is 29.2 Å². The van der Waals surface area contributed by atoms with Crippen molar-refractivity contribution in [3.05, 3.63) is 47.0 Å². The fourth-order valence-corrected chi connectivity index (χ4v) is 1.63. The van der Waals surface area contributed by atoms with Crippen molar-refractivity contribution < 1.29 is 4.39 Å². The van der Waals surface area contributed by atoms with Crippen LogP contribution in [0.5, 0.6) is 0 Å². The van der Waals surface area contributed by atoms with Gasteiger partial charge in [-0.2, -0.15) is 0 Å². The van der Waals surface area contributed by atoms with Crippen LogP contribution in [0.4, 0.5) is 4.39 Å². The van der Waals surface area contributed by atoms with Crippen molar-refractivity contribution in [2.75, 3.05) is 6.54 Å². The highest BCUT2D eigenvalue weighted by Crippen LogP contribution is 2.15. The summed E-state index contributed by atoms with van der Waals surface area (Å²) in [6.07, 6.45) is 3.44. The average molecular weight is 255 g/mol. The first-order valence-electron chi connectivity index (χ1n) is 5.24. The second kappa shape index (κ2) is 5.75. The first kappa shape index (κ1) is 12.0. The molecule has 0 bridgehead atoms. The zero-order valence-corrected chi connectivity index (χ0v) is 9.86. The Balaban J connectivity index is 1.76. The van der Waals surface area contributed by atoms with Gasteiger partial charge in [0.15, 0.2) is 0 Å². The summed E-state index contributed by atoms with van der Waals surface area (Å²) < 4.78 is 14.6. The molecule has 0 aliphatic rings. The molecule has 0 atom stereocenters. The summed E-state index contributed by atoms with van der Waals surface area (Å²) in [5, 5.41) is 10.9. The van der Waals surface area contributed by atoms with Gasteiger partial charge in [-0.3, -0.25) is 4.68 Å². The summed E-state index contributed by atoms with van der Waals surface area (Å²) in [4.78, 5) is 0. The zero-order chi connectivity index (χ0) is 12.1. The number of hydrogen-bond acceptors (Lipinski definition) is 3. The highest BCUT2D eigenvalue weighted by molar-refractivity contribution is 6.30. The molecular weight excluding hydrogens is 243 g/mol. The Kier molecular flexibility index (Phi) is 4.06. The van der Waals surface area contributed by atoms with Gasteiger partial charge in [-0.05, 0) is 17.7 Å². The standard InChI is InChI=1S/C11H12ClFN4/c12-10-7-9(1-2-11(10)13)8-14-3-5-17-6-4-15-16-17/h1-2,4,6-7,14H,3,5,8H2. The second-order valence-corrected chi connectivity index (χ2v) is 4.00. The normalized spacial score (nSPS) is 10.7. The van der Waals surface area contributed by atoms with Crippen LogP contribution < -0.4 is 5.32 Å². The lowest BCUT2D eigenvalue weighted by molar-refractivity contribution is 0.540. The summed E-state index contributed by atoms with van der Waals surface area (Å²) in [6, 6.07) is 4.71. The molecule has 4 nitrogen and oxygen atoms in total. The number of benzene rings is 1. The number of aromatic nitrogens is 3. The van der Waals surface area contributed by atoms with Crippen LogP contribution in [0.1, 0.15) is 5.56 Å². The zero-order valence-electron chi connectivity index (χ0n) is 9.11. The Labute approximate surface area is 103 Å². The van der Waals surface area contributed by atoms with Gasteiger partial charge in [0.25, 0.3) is 0 Å². The molecule has 1 aromatic carbocycles. The van der Waals surface area contributed by atoms with Crippen LogP contribution in [0.3, 0.4) is 0 Å². The Morgan fingerprint density at radius 1 is 1.41 bits per heavy atom. The van der Waals surface area contributed by atoms with Crippen molar-refractivity contribution >= 4 is 11.6 Å². The smallest absolute Gasteiger partial charge is 0.141 e. The third-order valence-corrected chi connectivity index (χ3v) is 2.59. The van der Waals surface area contributed by atoms with E-state index in [1.165, 1.54) is 6.07 Å². The molecule has 0 saturated heterocycles. The van der Waals surface area contributed by atoms with Gasteiger partial charge < -0.3 is 5.32 Å². The van der Waals surface area contributed by atoms with E-state index in [2.05, 4.69) is 15.6 Å². The minimum absolute atomic E-state index is 0.153.